The minimum Gasteiger partial charge on any atom is -0.379 e. The van der Waals surface area contributed by atoms with Crippen molar-refractivity contribution in [3.8, 4) is 0 Å². The summed E-state index contributed by atoms with van der Waals surface area (Å²) in [6, 6.07) is -0.0514. The summed E-state index contributed by atoms with van der Waals surface area (Å²) in [6.45, 7) is 12.6. The molecule has 1 aliphatic heterocycles. The molecule has 3 unspecified atom stereocenters. The van der Waals surface area contributed by atoms with Gasteiger partial charge in [-0.25, -0.2) is 0 Å². The number of ether oxygens (including phenoxy) is 1. The van der Waals surface area contributed by atoms with Crippen LogP contribution in [0.15, 0.2) is 0 Å². The third kappa shape index (κ3) is 5.04. The first-order chi connectivity index (χ1) is 9.47. The van der Waals surface area contributed by atoms with Crippen molar-refractivity contribution in [1.29, 1.82) is 0 Å². The van der Waals surface area contributed by atoms with Gasteiger partial charge in [0.15, 0.2) is 0 Å². The monoisotopic (exact) mass is 285 g/mol. The highest BCUT2D eigenvalue weighted by molar-refractivity contribution is 5.81. The van der Waals surface area contributed by atoms with E-state index in [1.165, 1.54) is 0 Å². The van der Waals surface area contributed by atoms with E-state index in [0.29, 0.717) is 18.5 Å². The molecule has 5 nitrogen and oxygen atoms in total. The predicted octanol–water partition coefficient (Wildman–Crippen LogP) is 0.833. The smallest absolute Gasteiger partial charge is 0.237 e. The van der Waals surface area contributed by atoms with Crippen LogP contribution >= 0.6 is 0 Å². The molecule has 0 aromatic rings. The number of hydrogen-bond acceptors (Lipinski definition) is 4. The number of morpholine rings is 1. The summed E-state index contributed by atoms with van der Waals surface area (Å²) in [5.41, 5.74) is 5.97. The highest BCUT2D eigenvalue weighted by Gasteiger charge is 2.26. The molecule has 1 aliphatic rings. The zero-order valence-electron chi connectivity index (χ0n) is 13.4. The molecule has 20 heavy (non-hydrogen) atoms. The number of nitrogens with one attached hydrogen (secondary N) is 1. The van der Waals surface area contributed by atoms with Gasteiger partial charge in [0.25, 0.3) is 0 Å². The molecular weight excluding hydrogens is 254 g/mol. The molecule has 1 fully saturated rings. The summed E-state index contributed by atoms with van der Waals surface area (Å²) in [4.78, 5) is 14.5. The first-order valence-electron chi connectivity index (χ1n) is 7.82. The number of nitrogens with two attached hydrogens (primary N) is 1. The van der Waals surface area contributed by atoms with Crippen LogP contribution in [-0.4, -0.2) is 55.7 Å². The van der Waals surface area contributed by atoms with Gasteiger partial charge in [-0.05, 0) is 11.8 Å². The van der Waals surface area contributed by atoms with Crippen molar-refractivity contribution >= 4 is 5.91 Å². The first-order valence-corrected chi connectivity index (χ1v) is 7.82. The zero-order chi connectivity index (χ0) is 15.1. The number of rotatable bonds is 7. The largest absolute Gasteiger partial charge is 0.379 e. The lowest BCUT2D eigenvalue weighted by Gasteiger charge is -2.37. The van der Waals surface area contributed by atoms with Crippen molar-refractivity contribution in [2.45, 2.75) is 46.2 Å². The molecule has 1 heterocycles. The summed E-state index contributed by atoms with van der Waals surface area (Å²) >= 11 is 0. The molecule has 1 rings (SSSR count). The van der Waals surface area contributed by atoms with Crippen LogP contribution in [0.4, 0.5) is 0 Å². The van der Waals surface area contributed by atoms with Gasteiger partial charge in [-0.2, -0.15) is 0 Å². The van der Waals surface area contributed by atoms with E-state index >= 15 is 0 Å². The van der Waals surface area contributed by atoms with Gasteiger partial charge in [-0.3, -0.25) is 9.69 Å². The van der Waals surface area contributed by atoms with Gasteiger partial charge in [0.2, 0.25) is 5.91 Å². The third-order valence-corrected chi connectivity index (χ3v) is 4.33. The number of amides is 1. The van der Waals surface area contributed by atoms with Crippen molar-refractivity contribution in [2.75, 3.05) is 32.8 Å². The highest BCUT2D eigenvalue weighted by atomic mass is 16.5. The van der Waals surface area contributed by atoms with Gasteiger partial charge >= 0.3 is 0 Å². The van der Waals surface area contributed by atoms with E-state index in [0.717, 1.165) is 32.7 Å². The van der Waals surface area contributed by atoms with Gasteiger partial charge in [0, 0.05) is 25.7 Å². The second kappa shape index (κ2) is 8.60. The minimum atomic E-state index is -0.405. The fraction of sp³-hybridized carbons (Fsp3) is 0.933. The van der Waals surface area contributed by atoms with E-state index in [1.807, 2.05) is 6.92 Å². The van der Waals surface area contributed by atoms with E-state index in [1.54, 1.807) is 0 Å². The molecule has 0 aromatic heterocycles. The van der Waals surface area contributed by atoms with E-state index in [9.17, 15) is 4.79 Å². The van der Waals surface area contributed by atoms with Crippen LogP contribution in [0.3, 0.4) is 0 Å². The van der Waals surface area contributed by atoms with Gasteiger partial charge in [0.1, 0.15) is 0 Å². The molecule has 1 amide bonds. The Hall–Kier alpha value is -0.650. The fourth-order valence-corrected chi connectivity index (χ4v) is 2.53. The molecule has 0 bridgehead atoms. The molecule has 0 aliphatic carbocycles. The second-order valence-electron chi connectivity index (χ2n) is 6.12. The summed E-state index contributed by atoms with van der Waals surface area (Å²) in [5, 5.41) is 3.03. The van der Waals surface area contributed by atoms with Gasteiger partial charge in [0.05, 0.1) is 19.3 Å². The topological polar surface area (TPSA) is 67.6 Å². The van der Waals surface area contributed by atoms with Gasteiger partial charge in [-0.1, -0.05) is 34.1 Å². The predicted molar refractivity (Wildman–Crippen MR) is 81.5 cm³/mol. The zero-order valence-corrected chi connectivity index (χ0v) is 13.4. The summed E-state index contributed by atoms with van der Waals surface area (Å²) in [6.07, 6.45) is 0.922. The van der Waals surface area contributed by atoms with Crippen LogP contribution in [0.2, 0.25) is 0 Å². The molecule has 0 radical (unpaired) electrons. The Bertz CT molecular complexity index is 291. The second-order valence-corrected chi connectivity index (χ2v) is 6.12. The van der Waals surface area contributed by atoms with Crippen LogP contribution in [0, 0.1) is 11.8 Å². The first kappa shape index (κ1) is 17.4. The molecule has 1 saturated heterocycles. The summed E-state index contributed by atoms with van der Waals surface area (Å²) in [7, 11) is 0. The van der Waals surface area contributed by atoms with E-state index in [2.05, 4.69) is 31.0 Å². The fourth-order valence-electron chi connectivity index (χ4n) is 2.53. The minimum absolute atomic E-state index is 0.0294. The van der Waals surface area contributed by atoms with Crippen molar-refractivity contribution in [1.82, 2.24) is 10.2 Å². The van der Waals surface area contributed by atoms with Crippen molar-refractivity contribution in [2.24, 2.45) is 17.6 Å². The molecule has 118 valence electrons. The number of nitrogens with zero attached hydrogens (tertiary/aromatic N) is 1. The Morgan fingerprint density at radius 2 is 1.90 bits per heavy atom. The molecule has 3 N–H and O–H groups in total. The van der Waals surface area contributed by atoms with E-state index in [-0.39, 0.29) is 11.8 Å². The quantitative estimate of drug-likeness (QED) is 0.727. The maximum absolute atomic E-state index is 12.1. The maximum Gasteiger partial charge on any atom is 0.237 e. The standard InChI is InChI=1S/C15H31N3O2/c1-5-12(4)14(16)15(19)17-10-13(11(2)3)18-6-8-20-9-7-18/h11-14H,5-10,16H2,1-4H3,(H,17,19). The normalized spacial score (nSPS) is 21.5. The SMILES string of the molecule is CCC(C)C(N)C(=O)NCC(C(C)C)N1CCOCC1. The van der Waals surface area contributed by atoms with E-state index < -0.39 is 6.04 Å². The molecular formula is C15H31N3O2. The molecule has 0 spiro atoms. The lowest BCUT2D eigenvalue weighted by atomic mass is 9.98. The average molecular weight is 285 g/mol. The Morgan fingerprint density at radius 3 is 2.40 bits per heavy atom. The summed E-state index contributed by atoms with van der Waals surface area (Å²) < 4.78 is 5.39. The van der Waals surface area contributed by atoms with Crippen molar-refractivity contribution in [3.63, 3.8) is 0 Å². The Morgan fingerprint density at radius 1 is 1.30 bits per heavy atom. The Kier molecular flexibility index (Phi) is 7.48. The number of hydrogen-bond donors (Lipinski definition) is 2. The van der Waals surface area contributed by atoms with Gasteiger partial charge in [-0.15, -0.1) is 0 Å². The Balaban J connectivity index is 2.48. The molecule has 0 saturated carbocycles. The molecule has 0 aromatic carbocycles. The molecule has 5 heteroatoms. The van der Waals surface area contributed by atoms with Crippen LogP contribution in [0.1, 0.15) is 34.1 Å². The van der Waals surface area contributed by atoms with Crippen LogP contribution in [0.5, 0.6) is 0 Å². The molecule has 3 atom stereocenters. The van der Waals surface area contributed by atoms with Crippen molar-refractivity contribution < 1.29 is 9.53 Å². The highest BCUT2D eigenvalue weighted by Crippen LogP contribution is 2.12. The third-order valence-electron chi connectivity index (χ3n) is 4.33. The van der Waals surface area contributed by atoms with Crippen molar-refractivity contribution in [3.05, 3.63) is 0 Å². The maximum atomic E-state index is 12.1. The Labute approximate surface area is 123 Å². The van der Waals surface area contributed by atoms with Crippen LogP contribution in [-0.2, 0) is 9.53 Å². The number of carbonyl (C=O) groups is 1. The lowest BCUT2D eigenvalue weighted by molar-refractivity contribution is -0.123. The lowest BCUT2D eigenvalue weighted by Crippen LogP contribution is -2.53. The summed E-state index contributed by atoms with van der Waals surface area (Å²) in [5.74, 6) is 0.683. The van der Waals surface area contributed by atoms with Crippen LogP contribution < -0.4 is 11.1 Å². The van der Waals surface area contributed by atoms with Gasteiger partial charge < -0.3 is 15.8 Å². The van der Waals surface area contributed by atoms with E-state index in [4.69, 9.17) is 10.5 Å². The average Bonchev–Trinajstić information content (AvgIpc) is 2.46. The number of carbonyl (C=O) groups excluding carboxylic acids is 1. The van der Waals surface area contributed by atoms with Crippen LogP contribution in [0.25, 0.3) is 0 Å².